The van der Waals surface area contributed by atoms with Crippen LogP contribution in [0.2, 0.25) is 0 Å². The van der Waals surface area contributed by atoms with Gasteiger partial charge in [0.05, 0.1) is 39.0 Å². The van der Waals surface area contributed by atoms with Crippen molar-refractivity contribution in [2.45, 2.75) is 13.0 Å². The van der Waals surface area contributed by atoms with Gasteiger partial charge in [0.25, 0.3) is 0 Å². The first-order valence-corrected chi connectivity index (χ1v) is 8.16. The number of amides is 1. The number of hydrogen-bond acceptors (Lipinski definition) is 3. The molecule has 1 fully saturated rings. The third-order valence-corrected chi connectivity index (χ3v) is 4.46. The standard InChI is InChI=1S/C18H23N3O2/c1-15(22)19-14-17(18-8-5-13-23-18)21-11-9-20(10-12-21)16-6-3-2-4-7-16/h2-8,13,17H,9-12,14H2,1H3,(H,19,22)/p+1/t17-/m0/s1. The third-order valence-electron chi connectivity index (χ3n) is 4.46. The summed E-state index contributed by atoms with van der Waals surface area (Å²) < 4.78 is 5.61. The summed E-state index contributed by atoms with van der Waals surface area (Å²) in [6.45, 7) is 6.25. The lowest BCUT2D eigenvalue weighted by molar-refractivity contribution is -0.932. The summed E-state index contributed by atoms with van der Waals surface area (Å²) >= 11 is 0. The van der Waals surface area contributed by atoms with E-state index in [9.17, 15) is 4.79 Å². The predicted molar refractivity (Wildman–Crippen MR) is 89.5 cm³/mol. The van der Waals surface area contributed by atoms with Gasteiger partial charge in [-0.1, -0.05) is 18.2 Å². The first-order chi connectivity index (χ1) is 11.2. The minimum atomic E-state index is 0.00359. The molecule has 2 aromatic rings. The van der Waals surface area contributed by atoms with Gasteiger partial charge in [-0.3, -0.25) is 4.79 Å². The van der Waals surface area contributed by atoms with E-state index in [4.69, 9.17) is 4.42 Å². The van der Waals surface area contributed by atoms with Crippen molar-refractivity contribution in [2.75, 3.05) is 37.6 Å². The zero-order valence-corrected chi connectivity index (χ0v) is 13.5. The molecule has 23 heavy (non-hydrogen) atoms. The maximum atomic E-state index is 11.3. The number of furan rings is 1. The zero-order chi connectivity index (χ0) is 16.1. The molecule has 1 aromatic carbocycles. The van der Waals surface area contributed by atoms with Gasteiger partial charge >= 0.3 is 0 Å². The topological polar surface area (TPSA) is 49.9 Å². The van der Waals surface area contributed by atoms with E-state index in [-0.39, 0.29) is 11.9 Å². The lowest BCUT2D eigenvalue weighted by Crippen LogP contribution is -3.15. The molecule has 1 amide bonds. The average molecular weight is 314 g/mol. The Kier molecular flexibility index (Phi) is 4.98. The number of anilines is 1. The number of piperazine rings is 1. The van der Waals surface area contributed by atoms with Gasteiger partial charge in [-0.2, -0.15) is 0 Å². The highest BCUT2D eigenvalue weighted by molar-refractivity contribution is 5.72. The summed E-state index contributed by atoms with van der Waals surface area (Å²) in [4.78, 5) is 15.2. The fraction of sp³-hybridized carbons (Fsp3) is 0.389. The number of carbonyl (C=O) groups is 1. The van der Waals surface area contributed by atoms with Crippen molar-refractivity contribution in [1.82, 2.24) is 5.32 Å². The van der Waals surface area contributed by atoms with Gasteiger partial charge in [0.1, 0.15) is 0 Å². The van der Waals surface area contributed by atoms with E-state index in [2.05, 4.69) is 34.5 Å². The van der Waals surface area contributed by atoms with E-state index in [1.807, 2.05) is 18.2 Å². The van der Waals surface area contributed by atoms with Crippen molar-refractivity contribution < 1.29 is 14.1 Å². The van der Waals surface area contributed by atoms with Crippen LogP contribution in [0.15, 0.2) is 53.1 Å². The molecule has 1 aliphatic heterocycles. The van der Waals surface area contributed by atoms with Crippen molar-refractivity contribution in [3.05, 3.63) is 54.5 Å². The molecule has 0 bridgehead atoms. The Morgan fingerprint density at radius 3 is 2.57 bits per heavy atom. The quantitative estimate of drug-likeness (QED) is 0.861. The zero-order valence-electron chi connectivity index (χ0n) is 13.5. The second-order valence-corrected chi connectivity index (χ2v) is 5.99. The van der Waals surface area contributed by atoms with Crippen LogP contribution in [-0.2, 0) is 4.79 Å². The lowest BCUT2D eigenvalue weighted by atomic mass is 10.1. The molecule has 5 heteroatoms. The number of para-hydroxylation sites is 1. The Bertz CT molecular complexity index is 604. The van der Waals surface area contributed by atoms with Crippen LogP contribution in [0.4, 0.5) is 5.69 Å². The Labute approximate surface area is 136 Å². The van der Waals surface area contributed by atoms with Crippen molar-refractivity contribution >= 4 is 11.6 Å². The molecule has 1 aliphatic rings. The third kappa shape index (κ3) is 3.93. The SMILES string of the molecule is CC(=O)NC[C@@H](c1ccco1)[NH+]1CCN(c2ccccc2)CC1. The Morgan fingerprint density at radius 1 is 1.22 bits per heavy atom. The summed E-state index contributed by atoms with van der Waals surface area (Å²) in [6.07, 6.45) is 1.70. The van der Waals surface area contributed by atoms with E-state index in [0.29, 0.717) is 6.54 Å². The molecule has 0 radical (unpaired) electrons. The van der Waals surface area contributed by atoms with Crippen LogP contribution in [0.3, 0.4) is 0 Å². The van der Waals surface area contributed by atoms with Gasteiger partial charge in [-0.05, 0) is 24.3 Å². The molecule has 0 aliphatic carbocycles. The highest BCUT2D eigenvalue weighted by Crippen LogP contribution is 2.14. The first-order valence-electron chi connectivity index (χ1n) is 8.16. The number of benzene rings is 1. The lowest BCUT2D eigenvalue weighted by Gasteiger charge is -2.37. The van der Waals surface area contributed by atoms with Crippen molar-refractivity contribution in [1.29, 1.82) is 0 Å². The molecule has 1 atom stereocenters. The molecule has 2 N–H and O–H groups in total. The number of quaternary nitrogens is 1. The van der Waals surface area contributed by atoms with Crippen LogP contribution in [0, 0.1) is 0 Å². The van der Waals surface area contributed by atoms with Crippen LogP contribution in [-0.4, -0.2) is 38.6 Å². The molecule has 2 heterocycles. The van der Waals surface area contributed by atoms with E-state index >= 15 is 0 Å². The normalized spacial score (nSPS) is 17.0. The van der Waals surface area contributed by atoms with Crippen molar-refractivity contribution in [3.8, 4) is 0 Å². The Hall–Kier alpha value is -2.27. The monoisotopic (exact) mass is 314 g/mol. The summed E-state index contributed by atoms with van der Waals surface area (Å²) in [6, 6.07) is 14.6. The Morgan fingerprint density at radius 2 is 1.96 bits per heavy atom. The smallest absolute Gasteiger partial charge is 0.217 e. The summed E-state index contributed by atoms with van der Waals surface area (Å²) in [5.74, 6) is 0.950. The number of hydrogen-bond donors (Lipinski definition) is 2. The summed E-state index contributed by atoms with van der Waals surface area (Å²) in [5, 5.41) is 2.94. The second kappa shape index (κ2) is 7.33. The summed E-state index contributed by atoms with van der Waals surface area (Å²) in [5.41, 5.74) is 1.28. The fourth-order valence-corrected chi connectivity index (χ4v) is 3.22. The highest BCUT2D eigenvalue weighted by Gasteiger charge is 2.30. The molecule has 1 saturated heterocycles. The molecular formula is C18H24N3O2+. The number of carbonyl (C=O) groups excluding carboxylic acids is 1. The molecular weight excluding hydrogens is 290 g/mol. The van der Waals surface area contributed by atoms with Crippen LogP contribution in [0.1, 0.15) is 18.7 Å². The average Bonchev–Trinajstić information content (AvgIpc) is 3.10. The molecule has 5 nitrogen and oxygen atoms in total. The molecule has 3 rings (SSSR count). The van der Waals surface area contributed by atoms with Crippen LogP contribution >= 0.6 is 0 Å². The minimum absolute atomic E-state index is 0.00359. The number of nitrogens with one attached hydrogen (secondary N) is 2. The molecule has 0 unspecified atom stereocenters. The first kappa shape index (κ1) is 15.6. The number of rotatable bonds is 5. The maximum Gasteiger partial charge on any atom is 0.217 e. The molecule has 1 aromatic heterocycles. The van der Waals surface area contributed by atoms with Gasteiger partial charge in [-0.25, -0.2) is 0 Å². The highest BCUT2D eigenvalue weighted by atomic mass is 16.3. The summed E-state index contributed by atoms with van der Waals surface area (Å²) in [7, 11) is 0. The maximum absolute atomic E-state index is 11.3. The van der Waals surface area contributed by atoms with Crippen LogP contribution < -0.4 is 15.1 Å². The van der Waals surface area contributed by atoms with Gasteiger partial charge < -0.3 is 19.5 Å². The van der Waals surface area contributed by atoms with E-state index in [1.54, 1.807) is 13.2 Å². The second-order valence-electron chi connectivity index (χ2n) is 5.99. The molecule has 0 spiro atoms. The van der Waals surface area contributed by atoms with E-state index in [0.717, 1.165) is 31.9 Å². The fourth-order valence-electron chi connectivity index (χ4n) is 3.22. The Balaban J connectivity index is 1.64. The molecule has 0 saturated carbocycles. The predicted octanol–water partition coefficient (Wildman–Crippen LogP) is 0.862. The van der Waals surface area contributed by atoms with Crippen LogP contribution in [0.25, 0.3) is 0 Å². The number of nitrogens with zero attached hydrogens (tertiary/aromatic N) is 1. The van der Waals surface area contributed by atoms with Crippen molar-refractivity contribution in [2.24, 2.45) is 0 Å². The largest absolute Gasteiger partial charge is 0.463 e. The van der Waals surface area contributed by atoms with Gasteiger partial charge in [0, 0.05) is 12.6 Å². The van der Waals surface area contributed by atoms with Gasteiger partial charge in [0.2, 0.25) is 5.91 Å². The van der Waals surface area contributed by atoms with Crippen molar-refractivity contribution in [3.63, 3.8) is 0 Å². The van der Waals surface area contributed by atoms with Gasteiger partial charge in [0.15, 0.2) is 11.8 Å². The van der Waals surface area contributed by atoms with Gasteiger partial charge in [-0.15, -0.1) is 0 Å². The minimum Gasteiger partial charge on any atom is -0.463 e. The van der Waals surface area contributed by atoms with E-state index < -0.39 is 0 Å². The molecule has 122 valence electrons. The van der Waals surface area contributed by atoms with E-state index in [1.165, 1.54) is 10.6 Å². The van der Waals surface area contributed by atoms with Crippen LogP contribution in [0.5, 0.6) is 0 Å².